The zero-order valence-electron chi connectivity index (χ0n) is 21.2. The van der Waals surface area contributed by atoms with Gasteiger partial charge in [0.15, 0.2) is 5.82 Å². The van der Waals surface area contributed by atoms with Crippen molar-refractivity contribution in [2.24, 2.45) is 0 Å². The minimum atomic E-state index is -0.293. The molecule has 5 rings (SSSR count). The van der Waals surface area contributed by atoms with Crippen molar-refractivity contribution < 1.29 is 4.39 Å². The quantitative estimate of drug-likeness (QED) is 0.260. The summed E-state index contributed by atoms with van der Waals surface area (Å²) in [4.78, 5) is 18.3. The van der Waals surface area contributed by atoms with Crippen LogP contribution < -0.4 is 5.56 Å². The van der Waals surface area contributed by atoms with Crippen LogP contribution in [0.2, 0.25) is 5.02 Å². The number of tetrazole rings is 1. The molecule has 2 aromatic heterocycles. The summed E-state index contributed by atoms with van der Waals surface area (Å²) in [7, 11) is 0. The zero-order valence-corrected chi connectivity index (χ0v) is 22.0. The Morgan fingerprint density at radius 2 is 1.79 bits per heavy atom. The van der Waals surface area contributed by atoms with E-state index in [2.05, 4.69) is 38.4 Å². The SMILES string of the molecule is CC[C@H](c1nnnn1Cc1ccc(F)cc1)N(Cc1ccccc1Cl)Cc1cc2cc(C)ccc2[nH]c1=O. The molecule has 0 spiro atoms. The van der Waals surface area contributed by atoms with Crippen molar-refractivity contribution in [3.05, 3.63) is 122 Å². The zero-order chi connectivity index (χ0) is 26.6. The number of hydrogen-bond donors (Lipinski definition) is 1. The van der Waals surface area contributed by atoms with Crippen molar-refractivity contribution >= 4 is 22.5 Å². The number of aryl methyl sites for hydroxylation is 1. The number of aromatic amines is 1. The molecule has 0 unspecified atom stereocenters. The van der Waals surface area contributed by atoms with Gasteiger partial charge in [-0.15, -0.1) is 5.10 Å². The van der Waals surface area contributed by atoms with Gasteiger partial charge < -0.3 is 4.98 Å². The summed E-state index contributed by atoms with van der Waals surface area (Å²) in [5, 5.41) is 14.2. The maximum absolute atomic E-state index is 13.4. The van der Waals surface area contributed by atoms with Crippen molar-refractivity contribution in [3.8, 4) is 0 Å². The lowest BCUT2D eigenvalue weighted by molar-refractivity contribution is 0.161. The van der Waals surface area contributed by atoms with E-state index in [4.69, 9.17) is 11.6 Å². The molecule has 0 aliphatic carbocycles. The van der Waals surface area contributed by atoms with E-state index < -0.39 is 0 Å². The van der Waals surface area contributed by atoms with Crippen LogP contribution >= 0.6 is 11.6 Å². The molecule has 0 radical (unpaired) electrons. The molecule has 0 amide bonds. The first-order valence-electron chi connectivity index (χ1n) is 12.5. The van der Waals surface area contributed by atoms with Crippen LogP contribution in [0.1, 0.15) is 47.5 Å². The summed E-state index contributed by atoms with van der Waals surface area (Å²) in [5.74, 6) is 0.371. The third kappa shape index (κ3) is 5.66. The van der Waals surface area contributed by atoms with Crippen molar-refractivity contribution in [2.45, 2.75) is 45.9 Å². The molecule has 1 atom stereocenters. The summed E-state index contributed by atoms with van der Waals surface area (Å²) < 4.78 is 15.2. The average molecular weight is 531 g/mol. The average Bonchev–Trinajstić information content (AvgIpc) is 3.35. The number of rotatable bonds is 9. The molecule has 7 nitrogen and oxygen atoms in total. The number of halogens is 2. The molecule has 194 valence electrons. The van der Waals surface area contributed by atoms with Gasteiger partial charge in [-0.3, -0.25) is 9.69 Å². The largest absolute Gasteiger partial charge is 0.322 e. The molecule has 0 saturated heterocycles. The van der Waals surface area contributed by atoms with Crippen LogP contribution in [0.25, 0.3) is 10.9 Å². The van der Waals surface area contributed by atoms with Gasteiger partial charge in [-0.2, -0.15) is 0 Å². The summed E-state index contributed by atoms with van der Waals surface area (Å²) in [6.07, 6.45) is 0.693. The Morgan fingerprint density at radius 3 is 2.55 bits per heavy atom. The van der Waals surface area contributed by atoms with E-state index in [1.54, 1.807) is 16.8 Å². The van der Waals surface area contributed by atoms with Crippen LogP contribution in [-0.2, 0) is 19.6 Å². The molecule has 0 saturated carbocycles. The highest BCUT2D eigenvalue weighted by molar-refractivity contribution is 6.31. The predicted octanol–water partition coefficient (Wildman–Crippen LogP) is 5.82. The lowest BCUT2D eigenvalue weighted by Crippen LogP contribution is -2.32. The third-order valence-electron chi connectivity index (χ3n) is 6.71. The number of nitrogens with zero attached hydrogens (tertiary/aromatic N) is 5. The van der Waals surface area contributed by atoms with Gasteiger partial charge in [0.2, 0.25) is 0 Å². The summed E-state index contributed by atoms with van der Waals surface area (Å²) in [6.45, 7) is 5.35. The van der Waals surface area contributed by atoms with Crippen LogP contribution in [0.15, 0.2) is 77.6 Å². The first kappa shape index (κ1) is 25.8. The van der Waals surface area contributed by atoms with E-state index in [1.165, 1.54) is 12.1 Å². The summed E-state index contributed by atoms with van der Waals surface area (Å²) >= 11 is 6.55. The van der Waals surface area contributed by atoms with Gasteiger partial charge in [-0.25, -0.2) is 9.07 Å². The molecule has 3 aromatic carbocycles. The third-order valence-corrected chi connectivity index (χ3v) is 7.08. The summed E-state index contributed by atoms with van der Waals surface area (Å²) in [5.41, 5.74) is 4.26. The second-order valence-corrected chi connectivity index (χ2v) is 9.86. The molecule has 0 aliphatic heterocycles. The molecular formula is C29H28ClFN6O. The molecule has 0 bridgehead atoms. The fourth-order valence-corrected chi connectivity index (χ4v) is 4.95. The molecule has 9 heteroatoms. The second-order valence-electron chi connectivity index (χ2n) is 9.46. The maximum Gasteiger partial charge on any atom is 0.252 e. The normalized spacial score (nSPS) is 12.3. The number of nitrogens with one attached hydrogen (secondary N) is 1. The van der Waals surface area contributed by atoms with Crippen LogP contribution in [0.4, 0.5) is 4.39 Å². The fourth-order valence-electron chi connectivity index (χ4n) is 4.76. The predicted molar refractivity (Wildman–Crippen MR) is 146 cm³/mol. The van der Waals surface area contributed by atoms with Gasteiger partial charge in [0.1, 0.15) is 5.82 Å². The monoisotopic (exact) mass is 530 g/mol. The van der Waals surface area contributed by atoms with Crippen LogP contribution in [-0.4, -0.2) is 30.1 Å². The molecular weight excluding hydrogens is 503 g/mol. The van der Waals surface area contributed by atoms with Crippen molar-refractivity contribution in [1.82, 2.24) is 30.1 Å². The van der Waals surface area contributed by atoms with Crippen LogP contribution in [0.3, 0.4) is 0 Å². The second kappa shape index (κ2) is 11.2. The van der Waals surface area contributed by atoms with E-state index in [0.717, 1.165) is 27.6 Å². The lowest BCUT2D eigenvalue weighted by Gasteiger charge is -2.30. The standard InChI is InChI=1S/C29H28ClFN6O/c1-3-27(28-33-34-35-37(28)16-20-9-11-24(31)12-10-20)36(17-21-6-4-5-7-25(21)30)18-23-15-22-14-19(2)8-13-26(22)32-29(23)38/h4-15,27H,3,16-18H2,1-2H3,(H,32,38)/t27-/m1/s1. The van der Waals surface area contributed by atoms with Gasteiger partial charge in [0.25, 0.3) is 5.56 Å². The number of aromatic nitrogens is 5. The van der Waals surface area contributed by atoms with Crippen LogP contribution in [0, 0.1) is 12.7 Å². The van der Waals surface area contributed by atoms with Crippen molar-refractivity contribution in [3.63, 3.8) is 0 Å². The van der Waals surface area contributed by atoms with Crippen molar-refractivity contribution in [1.29, 1.82) is 0 Å². The van der Waals surface area contributed by atoms with Gasteiger partial charge in [-0.05, 0) is 76.7 Å². The van der Waals surface area contributed by atoms with E-state index >= 15 is 0 Å². The lowest BCUT2D eigenvalue weighted by atomic mass is 10.1. The first-order valence-corrected chi connectivity index (χ1v) is 12.9. The highest BCUT2D eigenvalue weighted by Crippen LogP contribution is 2.29. The molecule has 1 N–H and O–H groups in total. The number of H-pyrrole nitrogens is 1. The van der Waals surface area contributed by atoms with E-state index in [9.17, 15) is 9.18 Å². The number of pyridine rings is 1. The van der Waals surface area contributed by atoms with E-state index in [-0.39, 0.29) is 17.4 Å². The topological polar surface area (TPSA) is 79.7 Å². The minimum Gasteiger partial charge on any atom is -0.322 e. The Balaban J connectivity index is 1.53. The highest BCUT2D eigenvalue weighted by Gasteiger charge is 2.26. The van der Waals surface area contributed by atoms with Gasteiger partial charge in [0.05, 0.1) is 12.6 Å². The fraction of sp³-hybridized carbons (Fsp3) is 0.241. The Kier molecular flexibility index (Phi) is 7.62. The Bertz CT molecular complexity index is 1610. The van der Waals surface area contributed by atoms with E-state index in [1.807, 2.05) is 49.4 Å². The molecule has 0 aliphatic rings. The first-order chi connectivity index (χ1) is 18.4. The molecule has 5 aromatic rings. The Hall–Kier alpha value is -3.88. The maximum atomic E-state index is 13.4. The Labute approximate surface area is 224 Å². The molecule has 0 fully saturated rings. The van der Waals surface area contributed by atoms with Crippen LogP contribution in [0.5, 0.6) is 0 Å². The van der Waals surface area contributed by atoms with Crippen molar-refractivity contribution in [2.75, 3.05) is 0 Å². The number of benzene rings is 3. The smallest absolute Gasteiger partial charge is 0.252 e. The summed E-state index contributed by atoms with van der Waals surface area (Å²) in [6, 6.07) is 21.7. The van der Waals surface area contributed by atoms with Gasteiger partial charge >= 0.3 is 0 Å². The minimum absolute atomic E-state index is 0.133. The van der Waals surface area contributed by atoms with Gasteiger partial charge in [0, 0.05) is 29.2 Å². The van der Waals surface area contributed by atoms with E-state index in [0.29, 0.717) is 42.5 Å². The highest BCUT2D eigenvalue weighted by atomic mass is 35.5. The number of hydrogen-bond acceptors (Lipinski definition) is 5. The number of fused-ring (bicyclic) bond motifs is 1. The molecule has 2 heterocycles. The van der Waals surface area contributed by atoms with Gasteiger partial charge in [-0.1, -0.05) is 60.5 Å². The molecule has 38 heavy (non-hydrogen) atoms. The Morgan fingerprint density at radius 1 is 1.03 bits per heavy atom.